The summed E-state index contributed by atoms with van der Waals surface area (Å²) in [7, 11) is 0. The van der Waals surface area contributed by atoms with Crippen molar-refractivity contribution in [1.29, 1.82) is 5.26 Å². The lowest BCUT2D eigenvalue weighted by Gasteiger charge is -2.10. The van der Waals surface area contributed by atoms with Crippen LogP contribution in [0.1, 0.15) is 21.8 Å². The first-order valence-corrected chi connectivity index (χ1v) is 6.47. The van der Waals surface area contributed by atoms with Crippen molar-refractivity contribution in [2.45, 2.75) is 5.92 Å². The Morgan fingerprint density at radius 3 is 2.55 bits per heavy atom. The van der Waals surface area contributed by atoms with Gasteiger partial charge in [-0.1, -0.05) is 34.1 Å². The lowest BCUT2D eigenvalue weighted by atomic mass is 9.91. The summed E-state index contributed by atoms with van der Waals surface area (Å²) in [6.07, 6.45) is 0. The Balaban J connectivity index is 2.45. The Morgan fingerprint density at radius 2 is 1.90 bits per heavy atom. The number of halogens is 3. The standard InChI is InChI=1S/C15H8BrF2NO/c16-10-4-1-3-9(7-10)12(8-19)15(20)11-5-2-6-13(17)14(11)18/h1-7,12H. The Hall–Kier alpha value is -2.06. The molecule has 0 aromatic heterocycles. The van der Waals surface area contributed by atoms with E-state index in [1.54, 1.807) is 24.3 Å². The van der Waals surface area contributed by atoms with Crippen molar-refractivity contribution in [3.05, 3.63) is 69.7 Å². The van der Waals surface area contributed by atoms with E-state index in [4.69, 9.17) is 5.26 Å². The largest absolute Gasteiger partial charge is 0.292 e. The zero-order chi connectivity index (χ0) is 14.7. The van der Waals surface area contributed by atoms with E-state index in [0.717, 1.165) is 6.07 Å². The van der Waals surface area contributed by atoms with Gasteiger partial charge in [0.2, 0.25) is 0 Å². The van der Waals surface area contributed by atoms with Crippen LogP contribution in [0.4, 0.5) is 8.78 Å². The Kier molecular flexibility index (Phi) is 4.26. The Morgan fingerprint density at radius 1 is 1.20 bits per heavy atom. The Labute approximate surface area is 122 Å². The fraction of sp³-hybridized carbons (Fsp3) is 0.0667. The molecule has 0 aliphatic rings. The van der Waals surface area contributed by atoms with Gasteiger partial charge in [-0.2, -0.15) is 5.26 Å². The second kappa shape index (κ2) is 5.93. The second-order valence-electron chi connectivity index (χ2n) is 4.08. The maximum absolute atomic E-state index is 13.6. The van der Waals surface area contributed by atoms with Gasteiger partial charge in [-0.15, -0.1) is 0 Å². The molecule has 1 atom stereocenters. The minimum atomic E-state index is -1.23. The fourth-order valence-corrected chi connectivity index (χ4v) is 2.24. The molecule has 0 radical (unpaired) electrons. The number of carbonyl (C=O) groups is 1. The van der Waals surface area contributed by atoms with Gasteiger partial charge >= 0.3 is 0 Å². The van der Waals surface area contributed by atoms with Gasteiger partial charge in [0, 0.05) is 4.47 Å². The van der Waals surface area contributed by atoms with Crippen molar-refractivity contribution in [3.8, 4) is 6.07 Å². The van der Waals surface area contributed by atoms with Crippen molar-refractivity contribution in [1.82, 2.24) is 0 Å². The normalized spacial score (nSPS) is 11.7. The van der Waals surface area contributed by atoms with E-state index >= 15 is 0 Å². The number of hydrogen-bond acceptors (Lipinski definition) is 2. The average Bonchev–Trinajstić information content (AvgIpc) is 2.42. The molecule has 0 aliphatic heterocycles. The zero-order valence-corrected chi connectivity index (χ0v) is 11.7. The quantitative estimate of drug-likeness (QED) is 0.788. The molecule has 0 bridgehead atoms. The molecule has 2 rings (SSSR count). The number of rotatable bonds is 3. The van der Waals surface area contributed by atoms with Crippen LogP contribution in [0.15, 0.2) is 46.9 Å². The van der Waals surface area contributed by atoms with Crippen LogP contribution < -0.4 is 0 Å². The predicted octanol–water partition coefficient (Wildman–Crippen LogP) is 4.22. The minimum Gasteiger partial charge on any atom is -0.292 e. The smallest absolute Gasteiger partial charge is 0.187 e. The van der Waals surface area contributed by atoms with Crippen molar-refractivity contribution in [3.63, 3.8) is 0 Å². The summed E-state index contributed by atoms with van der Waals surface area (Å²) in [6, 6.07) is 11.8. The monoisotopic (exact) mass is 335 g/mol. The van der Waals surface area contributed by atoms with Crippen LogP contribution in [-0.4, -0.2) is 5.78 Å². The molecule has 5 heteroatoms. The summed E-state index contributed by atoms with van der Waals surface area (Å²) in [5, 5.41) is 9.16. The van der Waals surface area contributed by atoms with E-state index in [1.165, 1.54) is 12.1 Å². The number of benzene rings is 2. The van der Waals surface area contributed by atoms with Gasteiger partial charge in [-0.3, -0.25) is 4.79 Å². The molecule has 0 heterocycles. The highest BCUT2D eigenvalue weighted by molar-refractivity contribution is 9.10. The molecule has 1 unspecified atom stereocenters. The van der Waals surface area contributed by atoms with E-state index in [9.17, 15) is 13.6 Å². The minimum absolute atomic E-state index is 0.420. The van der Waals surface area contributed by atoms with Crippen LogP contribution in [0.2, 0.25) is 0 Å². The fourth-order valence-electron chi connectivity index (χ4n) is 1.82. The van der Waals surface area contributed by atoms with E-state index < -0.39 is 28.9 Å². The van der Waals surface area contributed by atoms with Crippen molar-refractivity contribution < 1.29 is 13.6 Å². The highest BCUT2D eigenvalue weighted by Crippen LogP contribution is 2.25. The molecule has 2 nitrogen and oxygen atoms in total. The third kappa shape index (κ3) is 2.75. The highest BCUT2D eigenvalue weighted by atomic mass is 79.9. The van der Waals surface area contributed by atoms with Gasteiger partial charge in [0.15, 0.2) is 17.4 Å². The summed E-state index contributed by atoms with van der Waals surface area (Å²) in [5.74, 6) is -4.28. The first-order valence-electron chi connectivity index (χ1n) is 5.68. The SMILES string of the molecule is N#CC(C(=O)c1cccc(F)c1F)c1cccc(Br)c1. The van der Waals surface area contributed by atoms with Gasteiger partial charge in [0.05, 0.1) is 11.6 Å². The van der Waals surface area contributed by atoms with Crippen molar-refractivity contribution >= 4 is 21.7 Å². The number of ketones is 1. The van der Waals surface area contributed by atoms with E-state index in [0.29, 0.717) is 10.0 Å². The lowest BCUT2D eigenvalue weighted by Crippen LogP contribution is -2.13. The highest BCUT2D eigenvalue weighted by Gasteiger charge is 2.25. The van der Waals surface area contributed by atoms with E-state index in [-0.39, 0.29) is 0 Å². The number of hydrogen-bond donors (Lipinski definition) is 0. The number of carbonyl (C=O) groups excluding carboxylic acids is 1. The Bertz CT molecular complexity index is 709. The van der Waals surface area contributed by atoms with Gasteiger partial charge in [0.1, 0.15) is 5.92 Å². The maximum atomic E-state index is 13.6. The van der Waals surface area contributed by atoms with Crippen molar-refractivity contribution in [2.75, 3.05) is 0 Å². The molecule has 0 spiro atoms. The molecule has 0 saturated heterocycles. The summed E-state index contributed by atoms with van der Waals surface area (Å²) in [4.78, 5) is 12.2. The third-order valence-corrected chi connectivity index (χ3v) is 3.28. The topological polar surface area (TPSA) is 40.9 Å². The van der Waals surface area contributed by atoms with Gasteiger partial charge in [-0.05, 0) is 29.8 Å². The average molecular weight is 336 g/mol. The van der Waals surface area contributed by atoms with Gasteiger partial charge < -0.3 is 0 Å². The second-order valence-corrected chi connectivity index (χ2v) is 5.00. The van der Waals surface area contributed by atoms with Crippen LogP contribution in [0, 0.1) is 23.0 Å². The summed E-state index contributed by atoms with van der Waals surface area (Å²) >= 11 is 3.24. The summed E-state index contributed by atoms with van der Waals surface area (Å²) in [6.45, 7) is 0. The molecule has 20 heavy (non-hydrogen) atoms. The maximum Gasteiger partial charge on any atom is 0.187 e. The van der Waals surface area contributed by atoms with E-state index in [2.05, 4.69) is 15.9 Å². The molecule has 2 aromatic carbocycles. The molecule has 0 aliphatic carbocycles. The van der Waals surface area contributed by atoms with Crippen LogP contribution in [0.25, 0.3) is 0 Å². The van der Waals surface area contributed by atoms with Gasteiger partial charge in [-0.25, -0.2) is 8.78 Å². The zero-order valence-electron chi connectivity index (χ0n) is 10.1. The number of Topliss-reactive ketones (excluding diaryl/α,β-unsaturated/α-hetero) is 1. The molecule has 0 fully saturated rings. The van der Waals surface area contributed by atoms with E-state index in [1.807, 2.05) is 6.07 Å². The molecule has 0 saturated carbocycles. The first kappa shape index (κ1) is 14.4. The molecular weight excluding hydrogens is 328 g/mol. The molecule has 100 valence electrons. The van der Waals surface area contributed by atoms with Crippen molar-refractivity contribution in [2.24, 2.45) is 0 Å². The third-order valence-electron chi connectivity index (χ3n) is 2.79. The lowest BCUT2D eigenvalue weighted by molar-refractivity contribution is 0.0974. The van der Waals surface area contributed by atoms with Crippen LogP contribution in [0.3, 0.4) is 0 Å². The predicted molar refractivity (Wildman–Crippen MR) is 73.2 cm³/mol. The van der Waals surface area contributed by atoms with Crippen LogP contribution in [-0.2, 0) is 0 Å². The molecule has 2 aromatic rings. The number of nitrogens with zero attached hydrogens (tertiary/aromatic N) is 1. The van der Waals surface area contributed by atoms with Crippen LogP contribution >= 0.6 is 15.9 Å². The first-order chi connectivity index (χ1) is 9.54. The molecule has 0 amide bonds. The summed E-state index contributed by atoms with van der Waals surface area (Å²) < 4.78 is 27.5. The van der Waals surface area contributed by atoms with Gasteiger partial charge in [0.25, 0.3) is 0 Å². The van der Waals surface area contributed by atoms with Crippen LogP contribution in [0.5, 0.6) is 0 Å². The molecular formula is C15H8BrF2NO. The molecule has 0 N–H and O–H groups in total. The summed E-state index contributed by atoms with van der Waals surface area (Å²) in [5.41, 5.74) is 0.00654. The number of nitriles is 1.